The van der Waals surface area contributed by atoms with Crippen molar-refractivity contribution in [2.75, 3.05) is 11.9 Å². The average molecular weight is 373 g/mol. The molecule has 3 aromatic rings. The first-order chi connectivity index (χ1) is 11.9. The minimum atomic E-state index is -0.669. The summed E-state index contributed by atoms with van der Waals surface area (Å²) in [5.74, 6) is 0.835. The van der Waals surface area contributed by atoms with Crippen molar-refractivity contribution in [3.05, 3.63) is 47.8 Å². The maximum absolute atomic E-state index is 13.0. The Bertz CT molecular complexity index is 857. The Morgan fingerprint density at radius 1 is 1.16 bits per heavy atom. The summed E-state index contributed by atoms with van der Waals surface area (Å²) in [7, 11) is 3.73. The lowest BCUT2D eigenvalue weighted by molar-refractivity contribution is -0.119. The zero-order valence-corrected chi connectivity index (χ0v) is 16.3. The largest absolute Gasteiger partial charge is 0.314 e. The van der Waals surface area contributed by atoms with Crippen molar-refractivity contribution < 1.29 is 4.79 Å². The number of thioether (sulfide) groups is 1. The van der Waals surface area contributed by atoms with Crippen LogP contribution in [0.5, 0.6) is 0 Å². The summed E-state index contributed by atoms with van der Waals surface area (Å²) in [6.07, 6.45) is 0. The summed E-state index contributed by atoms with van der Waals surface area (Å²) in [6, 6.07) is 13.6. The van der Waals surface area contributed by atoms with Crippen molar-refractivity contribution >= 4 is 34.7 Å². The number of hydrogen-bond donors (Lipinski definition) is 0. The Hall–Kier alpha value is -2.12. The second-order valence-electron chi connectivity index (χ2n) is 6.15. The fourth-order valence-electron chi connectivity index (χ4n) is 2.47. The molecule has 0 radical (unpaired) electrons. The molecule has 0 spiro atoms. The maximum atomic E-state index is 13.0. The Morgan fingerprint density at radius 2 is 1.88 bits per heavy atom. The van der Waals surface area contributed by atoms with Gasteiger partial charge >= 0.3 is 0 Å². The molecule has 0 saturated carbocycles. The molecule has 0 N–H and O–H groups in total. The Kier molecular flexibility index (Phi) is 4.96. The van der Waals surface area contributed by atoms with Gasteiger partial charge < -0.3 is 9.47 Å². The molecule has 130 valence electrons. The number of carbonyl (C=O) groups excluding carboxylic acids is 1. The highest BCUT2D eigenvalue weighted by molar-refractivity contribution is 8.01. The van der Waals surface area contributed by atoms with Gasteiger partial charge in [-0.1, -0.05) is 36.0 Å². The molecular weight excluding hydrogens is 352 g/mol. The van der Waals surface area contributed by atoms with E-state index in [0.29, 0.717) is 0 Å². The number of rotatable bonds is 5. The molecule has 5 nitrogen and oxygen atoms in total. The van der Waals surface area contributed by atoms with Crippen LogP contribution >= 0.6 is 23.1 Å². The fourth-order valence-corrected chi connectivity index (χ4v) is 4.20. The predicted octanol–water partition coefficient (Wildman–Crippen LogP) is 4.08. The van der Waals surface area contributed by atoms with Crippen molar-refractivity contribution in [1.29, 1.82) is 0 Å². The summed E-state index contributed by atoms with van der Waals surface area (Å²) >= 11 is 3.05. The SMILES string of the molecule is CN(C(=O)C(C)(C)Sc1nnc(-c2cccs2)n1C)c1ccccc1. The van der Waals surface area contributed by atoms with E-state index >= 15 is 0 Å². The number of carbonyl (C=O) groups is 1. The number of nitrogens with zero attached hydrogens (tertiary/aromatic N) is 4. The summed E-state index contributed by atoms with van der Waals surface area (Å²) in [5.41, 5.74) is 0.874. The molecule has 0 aliphatic heterocycles. The molecule has 1 aromatic carbocycles. The Labute approximate surface area is 155 Å². The first-order valence-electron chi connectivity index (χ1n) is 7.85. The molecular formula is C18H20N4OS2. The van der Waals surface area contributed by atoms with Crippen molar-refractivity contribution in [3.63, 3.8) is 0 Å². The smallest absolute Gasteiger partial charge is 0.242 e. The van der Waals surface area contributed by atoms with Crippen LogP contribution in [0, 0.1) is 0 Å². The quantitative estimate of drug-likeness (QED) is 0.633. The van der Waals surface area contributed by atoms with Gasteiger partial charge in [-0.15, -0.1) is 21.5 Å². The highest BCUT2D eigenvalue weighted by Crippen LogP contribution is 2.35. The zero-order valence-electron chi connectivity index (χ0n) is 14.6. The van der Waals surface area contributed by atoms with E-state index in [1.54, 1.807) is 23.3 Å². The van der Waals surface area contributed by atoms with Gasteiger partial charge in [-0.3, -0.25) is 4.79 Å². The number of hydrogen-bond acceptors (Lipinski definition) is 5. The van der Waals surface area contributed by atoms with Gasteiger partial charge in [0, 0.05) is 19.8 Å². The summed E-state index contributed by atoms with van der Waals surface area (Å²) in [6.45, 7) is 3.83. The number of thiophene rings is 1. The molecule has 0 aliphatic carbocycles. The molecule has 3 rings (SSSR count). The monoisotopic (exact) mass is 372 g/mol. The Balaban J connectivity index is 1.81. The van der Waals surface area contributed by atoms with Gasteiger partial charge in [-0.25, -0.2) is 0 Å². The minimum absolute atomic E-state index is 0.0179. The van der Waals surface area contributed by atoms with E-state index in [9.17, 15) is 4.79 Å². The van der Waals surface area contributed by atoms with E-state index in [-0.39, 0.29) is 5.91 Å². The topological polar surface area (TPSA) is 51.0 Å². The lowest BCUT2D eigenvalue weighted by atomic mass is 10.1. The second-order valence-corrected chi connectivity index (χ2v) is 8.69. The fraction of sp³-hybridized carbons (Fsp3) is 0.278. The van der Waals surface area contributed by atoms with E-state index in [0.717, 1.165) is 21.5 Å². The van der Waals surface area contributed by atoms with Gasteiger partial charge in [0.2, 0.25) is 5.91 Å². The molecule has 0 saturated heterocycles. The maximum Gasteiger partial charge on any atom is 0.242 e. The molecule has 25 heavy (non-hydrogen) atoms. The van der Waals surface area contributed by atoms with Crippen LogP contribution in [0.25, 0.3) is 10.7 Å². The molecule has 0 atom stereocenters. The van der Waals surface area contributed by atoms with Crippen LogP contribution in [0.2, 0.25) is 0 Å². The molecule has 1 amide bonds. The van der Waals surface area contributed by atoms with Gasteiger partial charge in [0.25, 0.3) is 0 Å². The van der Waals surface area contributed by atoms with Crippen molar-refractivity contribution in [1.82, 2.24) is 14.8 Å². The van der Waals surface area contributed by atoms with Gasteiger partial charge in [-0.05, 0) is 37.4 Å². The third-order valence-corrected chi connectivity index (χ3v) is 5.97. The van der Waals surface area contributed by atoms with Gasteiger partial charge in [0.1, 0.15) is 0 Å². The standard InChI is InChI=1S/C18H20N4OS2/c1-18(2,16(23)21(3)13-9-6-5-7-10-13)25-17-20-19-15(22(17)4)14-11-8-12-24-14/h5-12H,1-4H3. The van der Waals surface area contributed by atoms with Crippen LogP contribution in [0.1, 0.15) is 13.8 Å². The van der Waals surface area contributed by atoms with E-state index in [2.05, 4.69) is 10.2 Å². The van der Waals surface area contributed by atoms with Crippen molar-refractivity contribution in [2.24, 2.45) is 7.05 Å². The van der Waals surface area contributed by atoms with Crippen molar-refractivity contribution in [2.45, 2.75) is 23.8 Å². The highest BCUT2D eigenvalue weighted by Gasteiger charge is 2.34. The van der Waals surface area contributed by atoms with Gasteiger partial charge in [0.15, 0.2) is 11.0 Å². The number of amides is 1. The summed E-state index contributed by atoms with van der Waals surface area (Å²) < 4.78 is 1.27. The molecule has 0 unspecified atom stereocenters. The summed E-state index contributed by atoms with van der Waals surface area (Å²) in [5, 5.41) is 11.3. The zero-order chi connectivity index (χ0) is 18.0. The predicted molar refractivity (Wildman–Crippen MR) is 104 cm³/mol. The van der Waals surface area contributed by atoms with Crippen LogP contribution in [0.15, 0.2) is 53.0 Å². The van der Waals surface area contributed by atoms with Crippen LogP contribution in [-0.4, -0.2) is 32.5 Å². The lowest BCUT2D eigenvalue weighted by Crippen LogP contribution is -2.41. The van der Waals surface area contributed by atoms with E-state index in [4.69, 9.17) is 0 Å². The van der Waals surface area contributed by atoms with Gasteiger partial charge in [-0.2, -0.15) is 0 Å². The summed E-state index contributed by atoms with van der Waals surface area (Å²) in [4.78, 5) is 15.7. The molecule has 2 heterocycles. The van der Waals surface area contributed by atoms with Crippen LogP contribution in [-0.2, 0) is 11.8 Å². The Morgan fingerprint density at radius 3 is 2.52 bits per heavy atom. The first-order valence-corrected chi connectivity index (χ1v) is 9.55. The molecule has 7 heteroatoms. The third kappa shape index (κ3) is 3.62. The van der Waals surface area contributed by atoms with Gasteiger partial charge in [0.05, 0.1) is 9.62 Å². The second kappa shape index (κ2) is 7.01. The minimum Gasteiger partial charge on any atom is -0.314 e. The molecule has 0 bridgehead atoms. The molecule has 2 aromatic heterocycles. The number of aromatic nitrogens is 3. The van der Waals surface area contributed by atoms with Crippen LogP contribution in [0.4, 0.5) is 5.69 Å². The molecule has 0 aliphatic rings. The van der Waals surface area contributed by atoms with E-state index < -0.39 is 4.75 Å². The molecule has 0 fully saturated rings. The lowest BCUT2D eigenvalue weighted by Gasteiger charge is -2.28. The first kappa shape index (κ1) is 17.7. The van der Waals surface area contributed by atoms with Crippen molar-refractivity contribution in [3.8, 4) is 10.7 Å². The number of para-hydroxylation sites is 1. The number of benzene rings is 1. The number of anilines is 1. The normalized spacial score (nSPS) is 11.5. The average Bonchev–Trinajstić information content (AvgIpc) is 3.25. The van der Waals surface area contributed by atoms with Crippen LogP contribution in [0.3, 0.4) is 0 Å². The van der Waals surface area contributed by atoms with E-state index in [1.807, 2.05) is 73.3 Å². The van der Waals surface area contributed by atoms with Crippen LogP contribution < -0.4 is 4.90 Å². The third-order valence-electron chi connectivity index (χ3n) is 3.89. The van der Waals surface area contributed by atoms with E-state index in [1.165, 1.54) is 11.8 Å². The highest BCUT2D eigenvalue weighted by atomic mass is 32.2.